The molecule has 0 aromatic carbocycles. The molecule has 0 bridgehead atoms. The van der Waals surface area contributed by atoms with Crippen LogP contribution >= 0.6 is 0 Å². The van der Waals surface area contributed by atoms with Crippen LogP contribution in [0.3, 0.4) is 0 Å². The predicted octanol–water partition coefficient (Wildman–Crippen LogP) is 2.01. The molecule has 0 nitrogen and oxygen atoms in total. The number of rotatable bonds is 2. The summed E-state index contributed by atoms with van der Waals surface area (Å²) in [5.41, 5.74) is 0. The summed E-state index contributed by atoms with van der Waals surface area (Å²) < 4.78 is 0. The maximum absolute atomic E-state index is 3.68. The van der Waals surface area contributed by atoms with Crippen LogP contribution in [0, 0.1) is 6.92 Å². The Morgan fingerprint density at radius 2 is 2.00 bits per heavy atom. The smallest absolute Gasteiger partial charge is 0 e. The molecule has 1 radical (unpaired) electrons. The van der Waals surface area contributed by atoms with Crippen molar-refractivity contribution in [1.29, 1.82) is 0 Å². The maximum atomic E-state index is 3.68. The van der Waals surface area contributed by atoms with E-state index in [1.54, 1.807) is 0 Å². The molecule has 0 heterocycles. The van der Waals surface area contributed by atoms with Gasteiger partial charge in [-0.1, -0.05) is 19.8 Å². The molecule has 0 amide bonds. The molecular weight excluding hydrogens is 111 g/mol. The fourth-order valence-electron chi connectivity index (χ4n) is 0.250. The second-order valence-corrected chi connectivity index (χ2v) is 1.21. The van der Waals surface area contributed by atoms with Crippen LogP contribution in [0.5, 0.6) is 0 Å². The van der Waals surface area contributed by atoms with Crippen molar-refractivity contribution in [3.05, 3.63) is 6.92 Å². The molecule has 0 aliphatic carbocycles. The van der Waals surface area contributed by atoms with Crippen molar-refractivity contribution < 1.29 is 18.6 Å². The Balaban J connectivity index is 0. The van der Waals surface area contributed by atoms with Crippen molar-refractivity contribution in [3.8, 4) is 0 Å². The monoisotopic (exact) mass is 122 g/mol. The fourth-order valence-corrected chi connectivity index (χ4v) is 0.250. The van der Waals surface area contributed by atoms with E-state index in [1.165, 1.54) is 12.8 Å². The van der Waals surface area contributed by atoms with Crippen molar-refractivity contribution in [1.82, 2.24) is 0 Å². The Bertz CT molecular complexity index is 11.4. The van der Waals surface area contributed by atoms with E-state index >= 15 is 0 Å². The first kappa shape index (κ1) is 9.77. The summed E-state index contributed by atoms with van der Waals surface area (Å²) in [6, 6.07) is 0. The summed E-state index contributed by atoms with van der Waals surface area (Å²) in [7, 11) is 0. The van der Waals surface area contributed by atoms with Gasteiger partial charge in [0.2, 0.25) is 0 Å². The maximum Gasteiger partial charge on any atom is 0 e. The Kier molecular flexibility index (Phi) is 14.9. The van der Waals surface area contributed by atoms with Gasteiger partial charge >= 0.3 is 0 Å². The van der Waals surface area contributed by atoms with E-state index in [9.17, 15) is 0 Å². The summed E-state index contributed by atoms with van der Waals surface area (Å²) in [6.07, 6.45) is 3.65. The van der Waals surface area contributed by atoms with Crippen LogP contribution in [0.4, 0.5) is 0 Å². The molecule has 0 spiro atoms. The zero-order chi connectivity index (χ0) is 4.12. The Hall–Kier alpha value is 0.584. The van der Waals surface area contributed by atoms with Crippen molar-refractivity contribution in [2.75, 3.05) is 0 Å². The summed E-state index contributed by atoms with van der Waals surface area (Å²) in [6.45, 7) is 5.85. The van der Waals surface area contributed by atoms with Gasteiger partial charge in [0.25, 0.3) is 0 Å². The zero-order valence-corrected chi connectivity index (χ0v) is 5.67. The summed E-state index contributed by atoms with van der Waals surface area (Å²) in [5.74, 6) is 0. The third-order valence-electron chi connectivity index (χ3n) is 0.604. The first-order valence-electron chi connectivity index (χ1n) is 2.21. The third-order valence-corrected chi connectivity index (χ3v) is 0.604. The third kappa shape index (κ3) is 8.82. The molecule has 0 aromatic rings. The van der Waals surface area contributed by atoms with E-state index in [0.29, 0.717) is 0 Å². The van der Waals surface area contributed by atoms with Gasteiger partial charge in [0.05, 0.1) is 0 Å². The average Bonchev–Trinajstić information content (AvgIpc) is 1.41. The molecular formula is C5H11V-. The van der Waals surface area contributed by atoms with Gasteiger partial charge in [-0.3, -0.25) is 0 Å². The van der Waals surface area contributed by atoms with Crippen molar-refractivity contribution in [3.63, 3.8) is 0 Å². The van der Waals surface area contributed by atoms with E-state index in [2.05, 4.69) is 13.8 Å². The van der Waals surface area contributed by atoms with Crippen molar-refractivity contribution in [2.45, 2.75) is 26.2 Å². The molecule has 1 heteroatoms. The van der Waals surface area contributed by atoms with Crippen LogP contribution in [-0.2, 0) is 18.6 Å². The molecule has 6 heavy (non-hydrogen) atoms. The molecule has 0 aromatic heterocycles. The minimum Gasteiger partial charge on any atom is -0.343 e. The van der Waals surface area contributed by atoms with Gasteiger partial charge in [-0.25, -0.2) is 0 Å². The van der Waals surface area contributed by atoms with E-state index in [4.69, 9.17) is 0 Å². The van der Waals surface area contributed by atoms with Crippen LogP contribution in [0.25, 0.3) is 0 Å². The quantitative estimate of drug-likeness (QED) is 0.491. The fraction of sp³-hybridized carbons (Fsp3) is 0.800. The standard InChI is InChI=1S/C5H11.V/c1-3-5-4-2;/h1,3-5H2,2H3;/q-1;. The van der Waals surface area contributed by atoms with E-state index < -0.39 is 0 Å². The molecule has 0 fully saturated rings. The summed E-state index contributed by atoms with van der Waals surface area (Å²) in [4.78, 5) is 0. The summed E-state index contributed by atoms with van der Waals surface area (Å²) in [5, 5.41) is 0. The summed E-state index contributed by atoms with van der Waals surface area (Å²) >= 11 is 0. The van der Waals surface area contributed by atoms with Gasteiger partial charge in [0, 0.05) is 18.6 Å². The molecule has 0 rings (SSSR count). The number of unbranched alkanes of at least 4 members (excludes halogenated alkanes) is 2. The van der Waals surface area contributed by atoms with Crippen LogP contribution in [0.1, 0.15) is 26.2 Å². The Morgan fingerprint density at radius 1 is 1.50 bits per heavy atom. The second-order valence-electron chi connectivity index (χ2n) is 1.21. The van der Waals surface area contributed by atoms with E-state index in [1.807, 2.05) is 0 Å². The van der Waals surface area contributed by atoms with Crippen LogP contribution < -0.4 is 0 Å². The number of hydrogen-bond acceptors (Lipinski definition) is 0. The molecule has 0 unspecified atom stereocenters. The zero-order valence-electron chi connectivity index (χ0n) is 4.28. The Labute approximate surface area is 52.2 Å². The van der Waals surface area contributed by atoms with Gasteiger partial charge < -0.3 is 6.92 Å². The van der Waals surface area contributed by atoms with Gasteiger partial charge in [-0.05, 0) is 0 Å². The average molecular weight is 122 g/mol. The van der Waals surface area contributed by atoms with Gasteiger partial charge in [0.15, 0.2) is 0 Å². The first-order valence-corrected chi connectivity index (χ1v) is 2.21. The topological polar surface area (TPSA) is 0 Å². The molecule has 0 saturated carbocycles. The van der Waals surface area contributed by atoms with E-state index in [0.717, 1.165) is 6.42 Å². The molecule has 0 atom stereocenters. The van der Waals surface area contributed by atoms with Crippen LogP contribution in [0.15, 0.2) is 0 Å². The van der Waals surface area contributed by atoms with Crippen molar-refractivity contribution in [2.24, 2.45) is 0 Å². The largest absolute Gasteiger partial charge is 0.343 e. The SMILES string of the molecule is [CH2-]CCCC.[V]. The van der Waals surface area contributed by atoms with Crippen molar-refractivity contribution >= 4 is 0 Å². The molecule has 0 aliphatic heterocycles. The normalized spacial score (nSPS) is 7.00. The van der Waals surface area contributed by atoms with Crippen LogP contribution in [0.2, 0.25) is 0 Å². The minimum atomic E-state index is 0. The molecule has 37 valence electrons. The van der Waals surface area contributed by atoms with Gasteiger partial charge in [-0.15, -0.1) is 0 Å². The second kappa shape index (κ2) is 9.14. The molecule has 0 aliphatic rings. The minimum absolute atomic E-state index is 0. The number of hydrogen-bond donors (Lipinski definition) is 0. The predicted molar refractivity (Wildman–Crippen MR) is 24.9 cm³/mol. The van der Waals surface area contributed by atoms with Crippen LogP contribution in [-0.4, -0.2) is 0 Å². The molecule has 0 saturated heterocycles. The van der Waals surface area contributed by atoms with E-state index in [-0.39, 0.29) is 18.6 Å². The van der Waals surface area contributed by atoms with Gasteiger partial charge in [-0.2, -0.15) is 6.42 Å². The molecule has 0 N–H and O–H groups in total. The Morgan fingerprint density at radius 3 is 2.00 bits per heavy atom. The van der Waals surface area contributed by atoms with Gasteiger partial charge in [0.1, 0.15) is 0 Å². The first-order chi connectivity index (χ1) is 2.41.